The Labute approximate surface area is 61.0 Å². The summed E-state index contributed by atoms with van der Waals surface area (Å²) in [5, 5.41) is 0. The van der Waals surface area contributed by atoms with Crippen molar-refractivity contribution in [1.82, 2.24) is 9.77 Å². The number of hydrogen-bond donors (Lipinski definition) is 0. The van der Waals surface area contributed by atoms with Gasteiger partial charge in [0.2, 0.25) is 0 Å². The molecule has 11 heavy (non-hydrogen) atoms. The Hall–Kier alpha value is -1.45. The first-order chi connectivity index (χ1) is 5.27. The van der Waals surface area contributed by atoms with Crippen molar-refractivity contribution in [2.45, 2.75) is 0 Å². The molecule has 0 aliphatic carbocycles. The number of aromatic nitrogens is 2. The van der Waals surface area contributed by atoms with Gasteiger partial charge in [0, 0.05) is 6.07 Å². The minimum absolute atomic E-state index is 0.157. The first-order valence-corrected chi connectivity index (χ1v) is 3.06. The summed E-state index contributed by atoms with van der Waals surface area (Å²) < 4.78 is 25.1. The number of rotatable bonds is 0. The van der Waals surface area contributed by atoms with Crippen LogP contribution in [0.25, 0.3) is 11.0 Å². The molecule has 0 unspecified atom stereocenters. The number of hydrogen-bond acceptors (Lipinski definition) is 1. The van der Waals surface area contributed by atoms with Crippen LogP contribution in [0.2, 0.25) is 0 Å². The number of benzene rings is 1. The van der Waals surface area contributed by atoms with E-state index in [0.717, 1.165) is 12.4 Å². The summed E-state index contributed by atoms with van der Waals surface area (Å²) in [4.78, 5) is 3.97. The second-order valence-corrected chi connectivity index (χ2v) is 2.19. The molecule has 0 fully saturated rings. The average Bonchev–Trinajstić information content (AvgIpc) is 2.33. The number of fused-ring (bicyclic) bond motifs is 1. The summed E-state index contributed by atoms with van der Waals surface area (Å²) in [6.45, 7) is 0. The molecule has 2 nitrogen and oxygen atoms in total. The predicted molar refractivity (Wildman–Crippen MR) is 36.2 cm³/mol. The van der Waals surface area contributed by atoms with Crippen molar-refractivity contribution in [3.63, 3.8) is 0 Å². The topological polar surface area (TPSA) is 17.8 Å². The molecule has 1 heterocycles. The van der Waals surface area contributed by atoms with Crippen LogP contribution in [0.4, 0.5) is 8.87 Å². The minimum Gasteiger partial charge on any atom is -0.234 e. The van der Waals surface area contributed by atoms with Crippen LogP contribution in [0, 0.1) is 5.82 Å². The van der Waals surface area contributed by atoms with Gasteiger partial charge in [-0.15, -0.1) is 0 Å². The number of imidazole rings is 1. The summed E-state index contributed by atoms with van der Waals surface area (Å²) in [5.74, 6) is -0.461. The largest absolute Gasteiger partial charge is 0.234 e. The van der Waals surface area contributed by atoms with E-state index in [2.05, 4.69) is 4.98 Å². The van der Waals surface area contributed by atoms with Crippen LogP contribution >= 0.6 is 0 Å². The van der Waals surface area contributed by atoms with E-state index in [9.17, 15) is 8.87 Å². The SMILES string of the molecule is Fc1ccc2ncn(F)c2c1. The Morgan fingerprint density at radius 2 is 2.18 bits per heavy atom. The second kappa shape index (κ2) is 2.02. The zero-order chi connectivity index (χ0) is 7.84. The van der Waals surface area contributed by atoms with Crippen LogP contribution in [0.15, 0.2) is 24.5 Å². The summed E-state index contributed by atoms with van der Waals surface area (Å²) in [6.07, 6.45) is 1.00. The fourth-order valence-electron chi connectivity index (χ4n) is 0.952. The molecule has 2 aromatic rings. The fourth-order valence-corrected chi connectivity index (χ4v) is 0.952. The summed E-state index contributed by atoms with van der Waals surface area (Å²) in [7, 11) is 0. The smallest absolute Gasteiger partial charge is 0.127 e. The van der Waals surface area contributed by atoms with Gasteiger partial charge in [0.25, 0.3) is 0 Å². The first-order valence-electron chi connectivity index (χ1n) is 3.06. The van der Waals surface area contributed by atoms with E-state index in [1.54, 1.807) is 0 Å². The van der Waals surface area contributed by atoms with Gasteiger partial charge in [-0.3, -0.25) is 0 Å². The van der Waals surface area contributed by atoms with Crippen molar-refractivity contribution in [1.29, 1.82) is 0 Å². The van der Waals surface area contributed by atoms with E-state index in [4.69, 9.17) is 0 Å². The molecule has 1 aromatic carbocycles. The molecule has 1 aromatic heterocycles. The lowest BCUT2D eigenvalue weighted by Crippen LogP contribution is -1.78. The average molecular weight is 154 g/mol. The van der Waals surface area contributed by atoms with Crippen molar-refractivity contribution < 1.29 is 8.87 Å². The first kappa shape index (κ1) is 6.27. The summed E-state index contributed by atoms with van der Waals surface area (Å²) in [5.41, 5.74) is 0.610. The van der Waals surface area contributed by atoms with Gasteiger partial charge in [0.05, 0.1) is 5.52 Å². The highest BCUT2D eigenvalue weighted by molar-refractivity contribution is 5.74. The molecule has 0 aliphatic heterocycles. The van der Waals surface area contributed by atoms with Gasteiger partial charge >= 0.3 is 0 Å². The maximum absolute atomic E-state index is 12.6. The van der Waals surface area contributed by atoms with E-state index < -0.39 is 5.82 Å². The molecule has 0 saturated heterocycles. The summed E-state index contributed by atoms with van der Waals surface area (Å²) in [6, 6.07) is 3.78. The van der Waals surface area contributed by atoms with E-state index in [1.807, 2.05) is 0 Å². The van der Waals surface area contributed by atoms with Gasteiger partial charge in [0.15, 0.2) is 0 Å². The predicted octanol–water partition coefficient (Wildman–Crippen LogP) is 1.91. The van der Waals surface area contributed by atoms with Crippen LogP contribution in [0.5, 0.6) is 0 Å². The van der Waals surface area contributed by atoms with Gasteiger partial charge in [0.1, 0.15) is 17.7 Å². The highest BCUT2D eigenvalue weighted by Crippen LogP contribution is 2.13. The molecule has 0 atom stereocenters. The standard InChI is InChI=1S/C7H4F2N2/c8-5-1-2-6-7(3-5)11(9)4-10-6/h1-4H. The Kier molecular flexibility index (Phi) is 1.15. The number of nitrogens with zero attached hydrogens (tertiary/aromatic N) is 2. The van der Waals surface area contributed by atoms with Gasteiger partial charge in [-0.1, -0.05) is 4.48 Å². The van der Waals surface area contributed by atoms with Crippen LogP contribution in [0.1, 0.15) is 0 Å². The highest BCUT2D eigenvalue weighted by atomic mass is 19.2. The van der Waals surface area contributed by atoms with Crippen LogP contribution in [0.3, 0.4) is 0 Å². The second-order valence-electron chi connectivity index (χ2n) is 2.19. The molecule has 2 rings (SSSR count). The van der Waals surface area contributed by atoms with Gasteiger partial charge in [-0.05, 0) is 12.1 Å². The fraction of sp³-hybridized carbons (Fsp3) is 0. The highest BCUT2D eigenvalue weighted by Gasteiger charge is 2.01. The zero-order valence-electron chi connectivity index (χ0n) is 5.46. The number of halogens is 2. The molecule has 0 spiro atoms. The molecule has 0 radical (unpaired) electrons. The third-order valence-electron chi connectivity index (χ3n) is 1.47. The quantitative estimate of drug-likeness (QED) is 0.566. The van der Waals surface area contributed by atoms with Crippen molar-refractivity contribution in [2.24, 2.45) is 0 Å². The molecular weight excluding hydrogens is 150 g/mol. The molecule has 0 saturated carbocycles. The van der Waals surface area contributed by atoms with Gasteiger partial charge in [-0.2, -0.15) is 4.79 Å². The Morgan fingerprint density at radius 3 is 3.00 bits per heavy atom. The van der Waals surface area contributed by atoms with E-state index >= 15 is 0 Å². The lowest BCUT2D eigenvalue weighted by Gasteiger charge is -1.88. The van der Waals surface area contributed by atoms with Crippen LogP contribution in [-0.2, 0) is 0 Å². The van der Waals surface area contributed by atoms with Crippen molar-refractivity contribution >= 4 is 11.0 Å². The molecule has 0 bridgehead atoms. The van der Waals surface area contributed by atoms with Crippen LogP contribution < -0.4 is 0 Å². The van der Waals surface area contributed by atoms with E-state index in [0.29, 0.717) is 10.3 Å². The monoisotopic (exact) mass is 154 g/mol. The maximum Gasteiger partial charge on any atom is 0.127 e. The lowest BCUT2D eigenvalue weighted by atomic mass is 10.3. The van der Waals surface area contributed by atoms with E-state index in [-0.39, 0.29) is 5.52 Å². The lowest BCUT2D eigenvalue weighted by molar-refractivity contribution is 0.384. The third-order valence-corrected chi connectivity index (χ3v) is 1.47. The maximum atomic E-state index is 12.6. The Balaban J connectivity index is 2.87. The third kappa shape index (κ3) is 0.869. The van der Waals surface area contributed by atoms with E-state index in [1.165, 1.54) is 12.1 Å². The van der Waals surface area contributed by atoms with Crippen molar-refractivity contribution in [3.05, 3.63) is 30.3 Å². The van der Waals surface area contributed by atoms with Crippen LogP contribution in [-0.4, -0.2) is 9.77 Å². The summed E-state index contributed by atoms with van der Waals surface area (Å²) >= 11 is 0. The Bertz CT molecular complexity index is 394. The van der Waals surface area contributed by atoms with Crippen molar-refractivity contribution in [3.8, 4) is 0 Å². The normalized spacial score (nSPS) is 10.7. The molecule has 56 valence electrons. The molecule has 0 N–H and O–H groups in total. The van der Waals surface area contributed by atoms with Gasteiger partial charge < -0.3 is 0 Å². The molecular formula is C7H4F2N2. The Morgan fingerprint density at radius 1 is 1.36 bits per heavy atom. The minimum atomic E-state index is -0.461. The zero-order valence-corrected chi connectivity index (χ0v) is 5.46. The molecule has 4 heteroatoms. The molecule has 0 aliphatic rings. The van der Waals surface area contributed by atoms with Crippen molar-refractivity contribution in [2.75, 3.05) is 0 Å². The van der Waals surface area contributed by atoms with Gasteiger partial charge in [-0.25, -0.2) is 9.37 Å². The molecule has 0 amide bonds.